The molecule has 0 saturated heterocycles. The lowest BCUT2D eigenvalue weighted by Gasteiger charge is -2.33. The van der Waals surface area contributed by atoms with Crippen molar-refractivity contribution < 1.29 is 4.79 Å². The quantitative estimate of drug-likeness (QED) is 0.836. The van der Waals surface area contributed by atoms with Crippen LogP contribution in [0.15, 0.2) is 24.5 Å². The van der Waals surface area contributed by atoms with E-state index in [1.807, 2.05) is 33.0 Å². The van der Waals surface area contributed by atoms with Crippen molar-refractivity contribution in [2.45, 2.75) is 33.2 Å². The van der Waals surface area contributed by atoms with E-state index >= 15 is 0 Å². The number of carbonyl (C=O) groups is 1. The second-order valence-electron chi connectivity index (χ2n) is 4.71. The van der Waals surface area contributed by atoms with Crippen molar-refractivity contribution in [2.75, 3.05) is 13.6 Å². The van der Waals surface area contributed by atoms with E-state index < -0.39 is 5.41 Å². The minimum atomic E-state index is -0.415. The Morgan fingerprint density at radius 3 is 2.33 bits per heavy atom. The maximum absolute atomic E-state index is 12.5. The molecule has 0 radical (unpaired) electrons. The number of hydrogen-bond donors (Lipinski definition) is 1. The van der Waals surface area contributed by atoms with Crippen LogP contribution in [0.5, 0.6) is 0 Å². The van der Waals surface area contributed by atoms with Gasteiger partial charge in [-0.05, 0) is 30.5 Å². The van der Waals surface area contributed by atoms with Crippen LogP contribution in [0.2, 0.25) is 0 Å². The SMILES string of the molecule is CCC(CC)(CN)C(=O)N(C)Cc1ccncc1. The standard InChI is InChI=1S/C14H23N3O/c1-4-14(5-2,11-15)13(18)17(3)10-12-6-8-16-9-7-12/h6-9H,4-5,10-11,15H2,1-3H3. The van der Waals surface area contributed by atoms with Gasteiger partial charge in [0, 0.05) is 32.5 Å². The van der Waals surface area contributed by atoms with Crippen LogP contribution >= 0.6 is 0 Å². The van der Waals surface area contributed by atoms with Gasteiger partial charge in [-0.1, -0.05) is 13.8 Å². The van der Waals surface area contributed by atoms with Gasteiger partial charge in [0.25, 0.3) is 0 Å². The molecule has 0 atom stereocenters. The molecule has 1 rings (SSSR count). The summed E-state index contributed by atoms with van der Waals surface area (Å²) in [5, 5.41) is 0. The molecule has 1 aromatic rings. The van der Waals surface area contributed by atoms with E-state index in [1.165, 1.54) is 0 Å². The van der Waals surface area contributed by atoms with Crippen LogP contribution < -0.4 is 5.73 Å². The molecule has 0 spiro atoms. The fourth-order valence-electron chi connectivity index (χ4n) is 2.17. The first-order valence-corrected chi connectivity index (χ1v) is 6.44. The molecule has 4 heteroatoms. The molecule has 0 aliphatic heterocycles. The number of nitrogens with two attached hydrogens (primary N) is 1. The molecular weight excluding hydrogens is 226 g/mol. The normalized spacial score (nSPS) is 11.3. The molecule has 1 aromatic heterocycles. The van der Waals surface area contributed by atoms with Crippen molar-refractivity contribution in [2.24, 2.45) is 11.1 Å². The summed E-state index contributed by atoms with van der Waals surface area (Å²) in [5.74, 6) is 0.131. The minimum Gasteiger partial charge on any atom is -0.341 e. The lowest BCUT2D eigenvalue weighted by Crippen LogP contribution is -2.45. The number of rotatable bonds is 6. The molecule has 1 amide bonds. The molecular formula is C14H23N3O. The fraction of sp³-hybridized carbons (Fsp3) is 0.571. The van der Waals surface area contributed by atoms with Crippen LogP contribution in [0.1, 0.15) is 32.3 Å². The number of hydrogen-bond acceptors (Lipinski definition) is 3. The molecule has 0 unspecified atom stereocenters. The van der Waals surface area contributed by atoms with Crippen LogP contribution in [-0.2, 0) is 11.3 Å². The first-order valence-electron chi connectivity index (χ1n) is 6.44. The summed E-state index contributed by atoms with van der Waals surface area (Å²) in [6.07, 6.45) is 5.03. The smallest absolute Gasteiger partial charge is 0.230 e. The van der Waals surface area contributed by atoms with Crippen LogP contribution in [0.4, 0.5) is 0 Å². The van der Waals surface area contributed by atoms with Gasteiger partial charge in [0.2, 0.25) is 5.91 Å². The highest BCUT2D eigenvalue weighted by atomic mass is 16.2. The van der Waals surface area contributed by atoms with E-state index in [4.69, 9.17) is 5.73 Å². The zero-order valence-electron chi connectivity index (χ0n) is 11.5. The molecule has 2 N–H and O–H groups in total. The van der Waals surface area contributed by atoms with Gasteiger partial charge in [0.05, 0.1) is 5.41 Å². The third kappa shape index (κ3) is 3.07. The third-order valence-corrected chi connectivity index (χ3v) is 3.71. The van der Waals surface area contributed by atoms with Gasteiger partial charge in [-0.15, -0.1) is 0 Å². The number of amides is 1. The summed E-state index contributed by atoms with van der Waals surface area (Å²) in [6, 6.07) is 3.84. The largest absolute Gasteiger partial charge is 0.341 e. The summed E-state index contributed by atoms with van der Waals surface area (Å²) >= 11 is 0. The van der Waals surface area contributed by atoms with Crippen LogP contribution in [0, 0.1) is 5.41 Å². The number of carbonyl (C=O) groups excluding carboxylic acids is 1. The predicted octanol–water partition coefficient (Wildman–Crippen LogP) is 1.81. The van der Waals surface area contributed by atoms with Gasteiger partial charge in [-0.2, -0.15) is 0 Å². The Morgan fingerprint density at radius 1 is 1.33 bits per heavy atom. The Labute approximate surface area is 109 Å². The summed E-state index contributed by atoms with van der Waals surface area (Å²) in [7, 11) is 1.83. The maximum Gasteiger partial charge on any atom is 0.230 e. The zero-order chi connectivity index (χ0) is 13.6. The minimum absolute atomic E-state index is 0.131. The highest BCUT2D eigenvalue weighted by Crippen LogP contribution is 2.27. The maximum atomic E-state index is 12.5. The zero-order valence-corrected chi connectivity index (χ0v) is 11.5. The molecule has 1 heterocycles. The monoisotopic (exact) mass is 249 g/mol. The molecule has 4 nitrogen and oxygen atoms in total. The lowest BCUT2D eigenvalue weighted by molar-refractivity contribution is -0.141. The average Bonchev–Trinajstić information content (AvgIpc) is 2.42. The highest BCUT2D eigenvalue weighted by molar-refractivity contribution is 5.82. The summed E-state index contributed by atoms with van der Waals surface area (Å²) in [4.78, 5) is 18.2. The Hall–Kier alpha value is -1.42. The Balaban J connectivity index is 2.77. The Bertz CT molecular complexity index is 366. The second-order valence-corrected chi connectivity index (χ2v) is 4.71. The van der Waals surface area contributed by atoms with Crippen molar-refractivity contribution in [3.8, 4) is 0 Å². The van der Waals surface area contributed by atoms with E-state index in [9.17, 15) is 4.79 Å². The molecule has 0 bridgehead atoms. The van der Waals surface area contributed by atoms with E-state index in [1.54, 1.807) is 17.3 Å². The van der Waals surface area contributed by atoms with E-state index in [0.29, 0.717) is 13.1 Å². The van der Waals surface area contributed by atoms with Crippen LogP contribution in [0.3, 0.4) is 0 Å². The first kappa shape index (κ1) is 14.6. The number of nitrogens with zero attached hydrogens (tertiary/aromatic N) is 2. The number of aromatic nitrogens is 1. The van der Waals surface area contributed by atoms with Gasteiger partial charge in [-0.3, -0.25) is 9.78 Å². The molecule has 0 saturated carbocycles. The number of pyridine rings is 1. The van der Waals surface area contributed by atoms with Gasteiger partial charge in [0.1, 0.15) is 0 Å². The molecule has 100 valence electrons. The van der Waals surface area contributed by atoms with Crippen LogP contribution in [0.25, 0.3) is 0 Å². The molecule has 0 aliphatic rings. The Kier molecular flexibility index (Phi) is 5.28. The molecule has 0 aromatic carbocycles. The van der Waals surface area contributed by atoms with Crippen molar-refractivity contribution in [1.82, 2.24) is 9.88 Å². The van der Waals surface area contributed by atoms with Crippen LogP contribution in [-0.4, -0.2) is 29.4 Å². The summed E-state index contributed by atoms with van der Waals surface area (Å²) < 4.78 is 0. The van der Waals surface area contributed by atoms with Crippen molar-refractivity contribution in [1.29, 1.82) is 0 Å². The average molecular weight is 249 g/mol. The summed E-state index contributed by atoms with van der Waals surface area (Å²) in [5.41, 5.74) is 6.47. The fourth-order valence-corrected chi connectivity index (χ4v) is 2.17. The second kappa shape index (κ2) is 6.50. The predicted molar refractivity (Wildman–Crippen MR) is 72.8 cm³/mol. The summed E-state index contributed by atoms with van der Waals surface area (Å²) in [6.45, 7) is 5.05. The molecule has 18 heavy (non-hydrogen) atoms. The Morgan fingerprint density at radius 2 is 1.89 bits per heavy atom. The van der Waals surface area contributed by atoms with Gasteiger partial charge < -0.3 is 10.6 Å². The molecule has 0 fully saturated rings. The highest BCUT2D eigenvalue weighted by Gasteiger charge is 2.35. The van der Waals surface area contributed by atoms with E-state index in [0.717, 1.165) is 18.4 Å². The van der Waals surface area contributed by atoms with Crippen molar-refractivity contribution in [3.63, 3.8) is 0 Å². The van der Waals surface area contributed by atoms with E-state index in [-0.39, 0.29) is 5.91 Å². The molecule has 0 aliphatic carbocycles. The third-order valence-electron chi connectivity index (χ3n) is 3.71. The van der Waals surface area contributed by atoms with Gasteiger partial charge >= 0.3 is 0 Å². The van der Waals surface area contributed by atoms with Gasteiger partial charge in [0.15, 0.2) is 0 Å². The topological polar surface area (TPSA) is 59.2 Å². The van der Waals surface area contributed by atoms with Crippen molar-refractivity contribution in [3.05, 3.63) is 30.1 Å². The van der Waals surface area contributed by atoms with Crippen molar-refractivity contribution >= 4 is 5.91 Å². The first-order chi connectivity index (χ1) is 8.59. The lowest BCUT2D eigenvalue weighted by atomic mass is 9.81. The van der Waals surface area contributed by atoms with Gasteiger partial charge in [-0.25, -0.2) is 0 Å². The van der Waals surface area contributed by atoms with E-state index in [2.05, 4.69) is 4.98 Å².